The topological polar surface area (TPSA) is 42.8 Å². The van der Waals surface area contributed by atoms with Crippen LogP contribution >= 0.6 is 0 Å². The van der Waals surface area contributed by atoms with Crippen molar-refractivity contribution in [2.75, 3.05) is 25.0 Å². The number of hydrogen-bond acceptors (Lipinski definition) is 2. The molecule has 1 aromatic rings. The zero-order valence-electron chi connectivity index (χ0n) is 11.3. The molecule has 104 valence electrons. The smallest absolute Gasteiger partial charge is 0.279 e. The zero-order chi connectivity index (χ0) is 13.8. The predicted octanol–water partition coefficient (Wildman–Crippen LogP) is 0.456. The molecular formula is C14H20FN2O2+. The van der Waals surface area contributed by atoms with Gasteiger partial charge >= 0.3 is 0 Å². The van der Waals surface area contributed by atoms with E-state index >= 15 is 0 Å². The number of quaternary nitrogens is 1. The van der Waals surface area contributed by atoms with Crippen LogP contribution in [0.15, 0.2) is 24.3 Å². The fraction of sp³-hybridized carbons (Fsp3) is 0.500. The highest BCUT2D eigenvalue weighted by atomic mass is 19.1. The number of para-hydroxylation sites is 1. The Balaban J connectivity index is 1.89. The van der Waals surface area contributed by atoms with Gasteiger partial charge in [0.1, 0.15) is 31.1 Å². The first-order valence-electron chi connectivity index (χ1n) is 6.58. The maximum absolute atomic E-state index is 13.4. The van der Waals surface area contributed by atoms with Crippen LogP contribution in [0.1, 0.15) is 13.8 Å². The van der Waals surface area contributed by atoms with Crippen LogP contribution in [0.5, 0.6) is 0 Å². The van der Waals surface area contributed by atoms with Crippen molar-refractivity contribution in [1.82, 2.24) is 0 Å². The molecule has 1 saturated heterocycles. The largest absolute Gasteiger partial charge is 0.364 e. The molecule has 2 rings (SSSR count). The van der Waals surface area contributed by atoms with Crippen LogP contribution in [0.2, 0.25) is 0 Å². The molecule has 2 unspecified atom stereocenters. The van der Waals surface area contributed by atoms with Gasteiger partial charge in [-0.25, -0.2) is 4.39 Å². The Labute approximate surface area is 112 Å². The lowest BCUT2D eigenvalue weighted by Gasteiger charge is -2.31. The average molecular weight is 267 g/mol. The molecule has 0 aliphatic carbocycles. The number of hydrogen-bond donors (Lipinski definition) is 2. The highest BCUT2D eigenvalue weighted by molar-refractivity contribution is 5.91. The molecule has 0 bridgehead atoms. The fourth-order valence-corrected chi connectivity index (χ4v) is 2.52. The monoisotopic (exact) mass is 267 g/mol. The second kappa shape index (κ2) is 6.12. The van der Waals surface area contributed by atoms with Crippen LogP contribution in [0, 0.1) is 5.82 Å². The third-order valence-electron chi connectivity index (χ3n) is 3.18. The van der Waals surface area contributed by atoms with Gasteiger partial charge in [0.15, 0.2) is 6.54 Å². The molecule has 1 heterocycles. The molecule has 19 heavy (non-hydrogen) atoms. The summed E-state index contributed by atoms with van der Waals surface area (Å²) in [5, 5.41) is 2.61. The van der Waals surface area contributed by atoms with Crippen molar-refractivity contribution in [2.45, 2.75) is 26.1 Å². The van der Waals surface area contributed by atoms with E-state index in [0.29, 0.717) is 6.54 Å². The number of carbonyl (C=O) groups excluding carboxylic acids is 1. The summed E-state index contributed by atoms with van der Waals surface area (Å²) in [6, 6.07) is 6.19. The SMILES string of the molecule is CC1C[NH+](CC(=O)Nc2ccccc2F)CC(C)O1. The van der Waals surface area contributed by atoms with E-state index in [9.17, 15) is 9.18 Å². The minimum atomic E-state index is -0.408. The third-order valence-corrected chi connectivity index (χ3v) is 3.18. The van der Waals surface area contributed by atoms with Gasteiger partial charge in [-0.3, -0.25) is 4.79 Å². The van der Waals surface area contributed by atoms with Gasteiger partial charge in [0.05, 0.1) is 5.69 Å². The summed E-state index contributed by atoms with van der Waals surface area (Å²) in [6.45, 7) is 5.95. The molecule has 1 aliphatic rings. The second-order valence-corrected chi connectivity index (χ2v) is 5.12. The summed E-state index contributed by atoms with van der Waals surface area (Å²) in [6.07, 6.45) is 0.306. The second-order valence-electron chi connectivity index (χ2n) is 5.12. The van der Waals surface area contributed by atoms with E-state index in [1.807, 2.05) is 13.8 Å². The molecule has 0 radical (unpaired) electrons. The number of rotatable bonds is 3. The Bertz CT molecular complexity index is 443. The predicted molar refractivity (Wildman–Crippen MR) is 70.6 cm³/mol. The van der Waals surface area contributed by atoms with E-state index < -0.39 is 5.82 Å². The highest BCUT2D eigenvalue weighted by Crippen LogP contribution is 2.11. The van der Waals surface area contributed by atoms with E-state index in [2.05, 4.69) is 5.32 Å². The van der Waals surface area contributed by atoms with Crippen molar-refractivity contribution in [1.29, 1.82) is 0 Å². The lowest BCUT2D eigenvalue weighted by atomic mass is 10.2. The summed E-state index contributed by atoms with van der Waals surface area (Å²) in [5.41, 5.74) is 0.237. The number of ether oxygens (including phenoxy) is 1. The first kappa shape index (κ1) is 14.0. The molecule has 0 aromatic heterocycles. The Hall–Kier alpha value is -1.46. The molecule has 1 aromatic carbocycles. The number of benzene rings is 1. The van der Waals surface area contributed by atoms with Gasteiger partial charge < -0.3 is 15.0 Å². The first-order valence-corrected chi connectivity index (χ1v) is 6.58. The van der Waals surface area contributed by atoms with Crippen molar-refractivity contribution >= 4 is 11.6 Å². The third kappa shape index (κ3) is 4.01. The van der Waals surface area contributed by atoms with Gasteiger partial charge in [-0.1, -0.05) is 12.1 Å². The molecule has 1 fully saturated rings. The summed E-state index contributed by atoms with van der Waals surface area (Å²) in [4.78, 5) is 13.1. The van der Waals surface area contributed by atoms with Crippen molar-refractivity contribution < 1.29 is 18.8 Å². The van der Waals surface area contributed by atoms with E-state index in [0.717, 1.165) is 13.1 Å². The Kier molecular flexibility index (Phi) is 4.50. The molecule has 1 aliphatic heterocycles. The zero-order valence-corrected chi connectivity index (χ0v) is 11.3. The Morgan fingerprint density at radius 1 is 1.37 bits per heavy atom. The highest BCUT2D eigenvalue weighted by Gasteiger charge is 2.27. The summed E-state index contributed by atoms with van der Waals surface area (Å²) < 4.78 is 19.0. The van der Waals surface area contributed by atoms with E-state index in [4.69, 9.17) is 4.74 Å². The van der Waals surface area contributed by atoms with Crippen LogP contribution in [-0.2, 0) is 9.53 Å². The molecular weight excluding hydrogens is 247 g/mol. The maximum Gasteiger partial charge on any atom is 0.279 e. The minimum absolute atomic E-state index is 0.153. The molecule has 2 N–H and O–H groups in total. The fourth-order valence-electron chi connectivity index (χ4n) is 2.52. The van der Waals surface area contributed by atoms with Gasteiger partial charge in [0, 0.05) is 0 Å². The van der Waals surface area contributed by atoms with Gasteiger partial charge in [0.2, 0.25) is 0 Å². The number of anilines is 1. The standard InChI is InChI=1S/C14H19FN2O2/c1-10-7-17(8-11(2)19-10)9-14(18)16-13-6-4-3-5-12(13)15/h3-6,10-11H,7-9H2,1-2H3,(H,16,18)/p+1. The number of morpholine rings is 1. The van der Waals surface area contributed by atoms with Crippen molar-refractivity contribution in [2.24, 2.45) is 0 Å². The molecule has 4 nitrogen and oxygen atoms in total. The molecule has 0 saturated carbocycles. The van der Waals surface area contributed by atoms with E-state index in [-0.39, 0.29) is 23.8 Å². The van der Waals surface area contributed by atoms with Gasteiger partial charge in [-0.05, 0) is 26.0 Å². The van der Waals surface area contributed by atoms with Crippen molar-refractivity contribution in [3.05, 3.63) is 30.1 Å². The summed E-state index contributed by atoms with van der Waals surface area (Å²) in [5.74, 6) is -0.573. The summed E-state index contributed by atoms with van der Waals surface area (Å²) in [7, 11) is 0. The van der Waals surface area contributed by atoms with Crippen LogP contribution in [0.25, 0.3) is 0 Å². The average Bonchev–Trinajstić information content (AvgIpc) is 2.30. The normalized spacial score (nSPS) is 27.0. The first-order chi connectivity index (χ1) is 9.04. The number of halogens is 1. The Morgan fingerprint density at radius 2 is 2.00 bits per heavy atom. The lowest BCUT2D eigenvalue weighted by Crippen LogP contribution is -3.16. The van der Waals surface area contributed by atoms with Gasteiger partial charge in [-0.2, -0.15) is 0 Å². The maximum atomic E-state index is 13.4. The van der Waals surface area contributed by atoms with Gasteiger partial charge in [-0.15, -0.1) is 0 Å². The van der Waals surface area contributed by atoms with E-state index in [1.165, 1.54) is 11.0 Å². The Morgan fingerprint density at radius 3 is 2.63 bits per heavy atom. The molecule has 2 atom stereocenters. The number of amides is 1. The number of nitrogens with one attached hydrogen (secondary N) is 2. The van der Waals surface area contributed by atoms with Crippen LogP contribution in [0.3, 0.4) is 0 Å². The molecule has 1 amide bonds. The minimum Gasteiger partial charge on any atom is -0.364 e. The van der Waals surface area contributed by atoms with Crippen molar-refractivity contribution in [3.63, 3.8) is 0 Å². The lowest BCUT2D eigenvalue weighted by molar-refractivity contribution is -0.907. The molecule has 5 heteroatoms. The molecule has 0 spiro atoms. The van der Waals surface area contributed by atoms with E-state index in [1.54, 1.807) is 18.2 Å². The van der Waals surface area contributed by atoms with Gasteiger partial charge in [0.25, 0.3) is 5.91 Å². The quantitative estimate of drug-likeness (QED) is 0.835. The number of carbonyl (C=O) groups is 1. The van der Waals surface area contributed by atoms with Crippen LogP contribution in [-0.4, -0.2) is 37.7 Å². The van der Waals surface area contributed by atoms with Crippen LogP contribution in [0.4, 0.5) is 10.1 Å². The van der Waals surface area contributed by atoms with Crippen molar-refractivity contribution in [3.8, 4) is 0 Å². The van der Waals surface area contributed by atoms with Crippen LogP contribution < -0.4 is 10.2 Å². The summed E-state index contributed by atoms with van der Waals surface area (Å²) >= 11 is 0.